The third kappa shape index (κ3) is 3.39. The minimum Gasteiger partial charge on any atom is -0.397 e. The number of nitrogens with one attached hydrogen (secondary N) is 1. The molecule has 0 bridgehead atoms. The van der Waals surface area contributed by atoms with Gasteiger partial charge in [0, 0.05) is 11.8 Å². The van der Waals surface area contributed by atoms with Crippen LogP contribution in [0.5, 0.6) is 0 Å². The molecule has 2 rings (SSSR count). The maximum Gasteiger partial charge on any atom is 0.416 e. The van der Waals surface area contributed by atoms with Crippen LogP contribution in [0.15, 0.2) is 30.3 Å². The zero-order valence-corrected chi connectivity index (χ0v) is 11.6. The molecule has 21 heavy (non-hydrogen) atoms. The lowest BCUT2D eigenvalue weighted by atomic mass is 10.1. The lowest BCUT2D eigenvalue weighted by Gasteiger charge is -2.14. The van der Waals surface area contributed by atoms with E-state index in [9.17, 15) is 17.6 Å². The van der Waals surface area contributed by atoms with Crippen molar-refractivity contribution in [2.45, 2.75) is 13.1 Å². The van der Waals surface area contributed by atoms with Gasteiger partial charge >= 0.3 is 6.18 Å². The quantitative estimate of drug-likeness (QED) is 0.595. The first-order chi connectivity index (χ1) is 9.68. The smallest absolute Gasteiger partial charge is 0.397 e. The number of anilines is 3. The molecule has 3 N–H and O–H groups in total. The summed E-state index contributed by atoms with van der Waals surface area (Å²) < 4.78 is 51.9. The summed E-state index contributed by atoms with van der Waals surface area (Å²) in [6.45, 7) is 1.36. The summed E-state index contributed by atoms with van der Waals surface area (Å²) in [5, 5.41) is 2.50. The fourth-order valence-corrected chi connectivity index (χ4v) is 2.00. The van der Waals surface area contributed by atoms with Crippen molar-refractivity contribution in [3.63, 3.8) is 0 Å². The van der Waals surface area contributed by atoms with E-state index < -0.39 is 17.6 Å². The summed E-state index contributed by atoms with van der Waals surface area (Å²) in [5.41, 5.74) is 5.43. The molecule has 0 fully saturated rings. The van der Waals surface area contributed by atoms with Crippen LogP contribution in [-0.2, 0) is 6.18 Å². The van der Waals surface area contributed by atoms with Gasteiger partial charge in [-0.3, -0.25) is 0 Å². The minimum atomic E-state index is -4.46. The molecule has 0 amide bonds. The van der Waals surface area contributed by atoms with Crippen molar-refractivity contribution in [1.82, 2.24) is 0 Å². The lowest BCUT2D eigenvalue weighted by molar-refractivity contribution is -0.138. The number of benzene rings is 2. The maximum atomic E-state index is 13.4. The molecule has 0 heterocycles. The van der Waals surface area contributed by atoms with Gasteiger partial charge in [-0.2, -0.15) is 13.2 Å². The third-order valence-electron chi connectivity index (χ3n) is 2.91. The molecular weight excluding hydrogens is 308 g/mol. The molecule has 0 spiro atoms. The molecule has 2 aromatic carbocycles. The highest BCUT2D eigenvalue weighted by molar-refractivity contribution is 6.31. The summed E-state index contributed by atoms with van der Waals surface area (Å²) in [6, 6.07) is 5.95. The predicted molar refractivity (Wildman–Crippen MR) is 75.3 cm³/mol. The largest absolute Gasteiger partial charge is 0.416 e. The first kappa shape index (κ1) is 15.4. The summed E-state index contributed by atoms with van der Waals surface area (Å²) >= 11 is 5.56. The Morgan fingerprint density at radius 1 is 1.14 bits per heavy atom. The molecule has 0 saturated carbocycles. The number of hydrogen-bond acceptors (Lipinski definition) is 2. The van der Waals surface area contributed by atoms with Crippen LogP contribution in [0.1, 0.15) is 11.1 Å². The van der Waals surface area contributed by atoms with Crippen molar-refractivity contribution in [2.75, 3.05) is 11.1 Å². The second-order valence-corrected chi connectivity index (χ2v) is 4.91. The van der Waals surface area contributed by atoms with Crippen LogP contribution in [0.4, 0.5) is 34.6 Å². The predicted octanol–water partition coefficient (Wildman–Crippen LogP) is 5.13. The van der Waals surface area contributed by atoms with Crippen molar-refractivity contribution in [2.24, 2.45) is 0 Å². The fraction of sp³-hybridized carbons (Fsp3) is 0.143. The molecule has 0 atom stereocenters. The van der Waals surface area contributed by atoms with E-state index in [4.69, 9.17) is 17.3 Å². The molecular formula is C14H11ClF4N2. The van der Waals surface area contributed by atoms with E-state index in [1.807, 2.05) is 0 Å². The highest BCUT2D eigenvalue weighted by atomic mass is 35.5. The number of rotatable bonds is 2. The van der Waals surface area contributed by atoms with Crippen LogP contribution in [0.25, 0.3) is 0 Å². The standard InChI is InChI=1S/C14H11ClF4N2/c1-7-2-3-8(4-9(7)14(17,18)19)21-13-6-11(16)10(15)5-12(13)20/h2-6,21H,20H2,1H3. The first-order valence-corrected chi connectivity index (χ1v) is 6.25. The number of hydrogen-bond donors (Lipinski definition) is 2. The Labute approximate surface area is 123 Å². The Bertz CT molecular complexity index is 683. The Hall–Kier alpha value is -1.95. The summed E-state index contributed by atoms with van der Waals surface area (Å²) in [5.74, 6) is -0.712. The monoisotopic (exact) mass is 318 g/mol. The fourth-order valence-electron chi connectivity index (χ4n) is 1.83. The molecule has 0 aromatic heterocycles. The van der Waals surface area contributed by atoms with Crippen LogP contribution in [0.2, 0.25) is 5.02 Å². The van der Waals surface area contributed by atoms with Gasteiger partial charge < -0.3 is 11.1 Å². The summed E-state index contributed by atoms with van der Waals surface area (Å²) in [6.07, 6.45) is -4.46. The van der Waals surface area contributed by atoms with Gasteiger partial charge in [0.15, 0.2) is 0 Å². The van der Waals surface area contributed by atoms with Crippen molar-refractivity contribution in [3.05, 3.63) is 52.3 Å². The molecule has 7 heteroatoms. The van der Waals surface area contributed by atoms with Gasteiger partial charge in [-0.25, -0.2) is 4.39 Å². The van der Waals surface area contributed by atoms with Crippen molar-refractivity contribution in [3.8, 4) is 0 Å². The first-order valence-electron chi connectivity index (χ1n) is 5.88. The molecule has 0 saturated heterocycles. The number of nitrogens with two attached hydrogens (primary N) is 1. The lowest BCUT2D eigenvalue weighted by Crippen LogP contribution is -2.08. The SMILES string of the molecule is Cc1ccc(Nc2cc(F)c(Cl)cc2N)cc1C(F)(F)F. The minimum absolute atomic E-state index is 0.100. The summed E-state index contributed by atoms with van der Waals surface area (Å²) in [7, 11) is 0. The van der Waals surface area contributed by atoms with E-state index in [0.717, 1.165) is 12.1 Å². The van der Waals surface area contributed by atoms with Gasteiger partial charge in [0.1, 0.15) is 5.82 Å². The zero-order valence-electron chi connectivity index (χ0n) is 10.9. The van der Waals surface area contributed by atoms with Crippen LogP contribution in [-0.4, -0.2) is 0 Å². The second-order valence-electron chi connectivity index (χ2n) is 4.51. The van der Waals surface area contributed by atoms with Gasteiger partial charge in [-0.15, -0.1) is 0 Å². The molecule has 2 aromatic rings. The van der Waals surface area contributed by atoms with E-state index in [1.54, 1.807) is 0 Å². The zero-order chi connectivity index (χ0) is 15.8. The Balaban J connectivity index is 2.39. The average molecular weight is 319 g/mol. The maximum absolute atomic E-state index is 13.4. The van der Waals surface area contributed by atoms with E-state index >= 15 is 0 Å². The van der Waals surface area contributed by atoms with Gasteiger partial charge in [0.2, 0.25) is 0 Å². The average Bonchev–Trinajstić information content (AvgIpc) is 2.37. The van der Waals surface area contributed by atoms with E-state index in [1.165, 1.54) is 25.1 Å². The number of halogens is 5. The van der Waals surface area contributed by atoms with Crippen LogP contribution in [0, 0.1) is 12.7 Å². The van der Waals surface area contributed by atoms with Gasteiger partial charge in [0.25, 0.3) is 0 Å². The van der Waals surface area contributed by atoms with Crippen LogP contribution >= 0.6 is 11.6 Å². The Morgan fingerprint density at radius 3 is 2.43 bits per heavy atom. The number of alkyl halides is 3. The summed E-state index contributed by atoms with van der Waals surface area (Å²) in [4.78, 5) is 0. The number of nitrogen functional groups attached to an aromatic ring is 1. The van der Waals surface area contributed by atoms with Gasteiger partial charge in [0.05, 0.1) is 22.0 Å². The van der Waals surface area contributed by atoms with Crippen molar-refractivity contribution in [1.29, 1.82) is 0 Å². The molecule has 112 valence electrons. The van der Waals surface area contributed by atoms with Gasteiger partial charge in [-0.05, 0) is 30.7 Å². The van der Waals surface area contributed by atoms with Crippen LogP contribution < -0.4 is 11.1 Å². The van der Waals surface area contributed by atoms with Crippen LogP contribution in [0.3, 0.4) is 0 Å². The number of aryl methyl sites for hydroxylation is 1. The van der Waals surface area contributed by atoms with Gasteiger partial charge in [-0.1, -0.05) is 17.7 Å². The second kappa shape index (κ2) is 5.44. The van der Waals surface area contributed by atoms with Crippen molar-refractivity contribution >= 4 is 28.7 Å². The van der Waals surface area contributed by atoms with E-state index in [2.05, 4.69) is 5.32 Å². The topological polar surface area (TPSA) is 38.0 Å². The highest BCUT2D eigenvalue weighted by Gasteiger charge is 2.32. The van der Waals surface area contributed by atoms with Crippen molar-refractivity contribution < 1.29 is 17.6 Å². The molecule has 0 unspecified atom stereocenters. The molecule has 0 aliphatic carbocycles. The normalized spacial score (nSPS) is 11.5. The Kier molecular flexibility index (Phi) is 4.00. The molecule has 0 aliphatic heterocycles. The Morgan fingerprint density at radius 2 is 1.81 bits per heavy atom. The molecule has 2 nitrogen and oxygen atoms in total. The molecule has 0 aliphatic rings. The van der Waals surface area contributed by atoms with E-state index in [0.29, 0.717) is 0 Å². The highest BCUT2D eigenvalue weighted by Crippen LogP contribution is 2.35. The molecule has 0 radical (unpaired) electrons. The van der Waals surface area contributed by atoms with E-state index in [-0.39, 0.29) is 27.6 Å². The third-order valence-corrected chi connectivity index (χ3v) is 3.20.